The minimum atomic E-state index is -0.639. The van der Waals surface area contributed by atoms with Crippen LogP contribution >= 0.6 is 12.4 Å². The highest BCUT2D eigenvalue weighted by atomic mass is 35.5. The lowest BCUT2D eigenvalue weighted by atomic mass is 9.89. The number of halogens is 1. The summed E-state index contributed by atoms with van der Waals surface area (Å²) in [5.74, 6) is 0. The normalized spacial score (nSPS) is 18.7. The second kappa shape index (κ2) is 7.16. The number of carbonyl (C=O) groups excluding carboxylic acids is 1. The van der Waals surface area contributed by atoms with E-state index in [0.717, 1.165) is 25.9 Å². The first kappa shape index (κ1) is 17.5. The molecule has 0 atom stereocenters. The molecule has 0 saturated carbocycles. The van der Waals surface area contributed by atoms with E-state index in [1.165, 1.54) is 0 Å². The summed E-state index contributed by atoms with van der Waals surface area (Å²) in [4.78, 5) is 11.4. The Labute approximate surface area is 115 Å². The topological polar surface area (TPSA) is 70.6 Å². The van der Waals surface area contributed by atoms with Crippen LogP contribution in [0.2, 0.25) is 0 Å². The lowest BCUT2D eigenvalue weighted by molar-refractivity contribution is 0.00174. The molecule has 1 aliphatic rings. The molecule has 0 spiro atoms. The number of alkyl carbamates (subject to hydrolysis) is 1. The molecule has 108 valence electrons. The quantitative estimate of drug-likeness (QED) is 0.732. The van der Waals surface area contributed by atoms with E-state index in [2.05, 4.69) is 10.6 Å². The Hall–Kier alpha value is -0.520. The molecule has 1 saturated heterocycles. The van der Waals surface area contributed by atoms with Crippen LogP contribution in [-0.2, 0) is 4.74 Å². The van der Waals surface area contributed by atoms with Gasteiger partial charge in [0, 0.05) is 6.54 Å². The zero-order chi connectivity index (χ0) is 12.9. The van der Waals surface area contributed by atoms with Crippen LogP contribution in [0.25, 0.3) is 0 Å². The van der Waals surface area contributed by atoms with E-state index in [-0.39, 0.29) is 12.4 Å². The molecular formula is C12H25ClN2O3. The van der Waals surface area contributed by atoms with Crippen LogP contribution in [0.3, 0.4) is 0 Å². The lowest BCUT2D eigenvalue weighted by Crippen LogP contribution is -2.44. The van der Waals surface area contributed by atoms with Gasteiger partial charge in [-0.1, -0.05) is 0 Å². The number of carbonyl (C=O) groups is 1. The molecule has 0 bridgehead atoms. The average Bonchev–Trinajstić information content (AvgIpc) is 2.15. The molecule has 0 aliphatic carbocycles. The monoisotopic (exact) mass is 280 g/mol. The summed E-state index contributed by atoms with van der Waals surface area (Å²) < 4.78 is 5.12. The molecule has 1 amide bonds. The molecule has 0 aromatic carbocycles. The Morgan fingerprint density at radius 2 is 1.94 bits per heavy atom. The summed E-state index contributed by atoms with van der Waals surface area (Å²) in [6.07, 6.45) is 1.63. The lowest BCUT2D eigenvalue weighted by Gasteiger charge is -2.32. The third-order valence-electron chi connectivity index (χ3n) is 2.79. The van der Waals surface area contributed by atoms with Crippen LogP contribution in [0, 0.1) is 0 Å². The van der Waals surface area contributed by atoms with Crippen LogP contribution in [0.5, 0.6) is 0 Å². The second-order valence-corrected chi connectivity index (χ2v) is 5.65. The maximum atomic E-state index is 11.4. The second-order valence-electron chi connectivity index (χ2n) is 5.65. The van der Waals surface area contributed by atoms with Gasteiger partial charge in [-0.25, -0.2) is 4.79 Å². The fourth-order valence-electron chi connectivity index (χ4n) is 1.85. The first-order valence-electron chi connectivity index (χ1n) is 6.21. The predicted molar refractivity (Wildman–Crippen MR) is 73.2 cm³/mol. The van der Waals surface area contributed by atoms with E-state index in [4.69, 9.17) is 4.74 Å². The van der Waals surface area contributed by atoms with Crippen molar-refractivity contribution in [2.75, 3.05) is 19.6 Å². The number of hydrogen-bond acceptors (Lipinski definition) is 4. The Morgan fingerprint density at radius 1 is 1.39 bits per heavy atom. The van der Waals surface area contributed by atoms with Crippen LogP contribution in [-0.4, -0.2) is 42.0 Å². The molecule has 0 radical (unpaired) electrons. The summed E-state index contributed by atoms with van der Waals surface area (Å²) in [5.41, 5.74) is -1.12. The van der Waals surface area contributed by atoms with Gasteiger partial charge >= 0.3 is 6.09 Å². The minimum absolute atomic E-state index is 0. The van der Waals surface area contributed by atoms with Crippen molar-refractivity contribution in [1.29, 1.82) is 0 Å². The highest BCUT2D eigenvalue weighted by Crippen LogP contribution is 2.21. The van der Waals surface area contributed by atoms with Gasteiger partial charge in [-0.05, 0) is 53.1 Å². The standard InChI is InChI=1S/C12H24N2O3.ClH/c1-11(2,3)17-10(15)14-9-6-12(16)4-7-13-8-5-12;/h13,16H,4-9H2,1-3H3,(H,14,15);1H. The molecule has 1 fully saturated rings. The van der Waals surface area contributed by atoms with E-state index in [1.54, 1.807) is 0 Å². The molecule has 0 aromatic heterocycles. The highest BCUT2D eigenvalue weighted by molar-refractivity contribution is 5.85. The van der Waals surface area contributed by atoms with Gasteiger partial charge in [0.2, 0.25) is 0 Å². The first-order chi connectivity index (χ1) is 7.81. The molecular weight excluding hydrogens is 256 g/mol. The van der Waals surface area contributed by atoms with Crippen molar-refractivity contribution in [3.63, 3.8) is 0 Å². The van der Waals surface area contributed by atoms with E-state index in [0.29, 0.717) is 13.0 Å². The fraction of sp³-hybridized carbons (Fsp3) is 0.917. The third kappa shape index (κ3) is 7.03. The van der Waals surface area contributed by atoms with Gasteiger partial charge < -0.3 is 20.5 Å². The van der Waals surface area contributed by atoms with Crippen molar-refractivity contribution < 1.29 is 14.6 Å². The summed E-state index contributed by atoms with van der Waals surface area (Å²) in [5, 5.41) is 16.1. The number of aliphatic hydroxyl groups is 1. The molecule has 5 nitrogen and oxygen atoms in total. The van der Waals surface area contributed by atoms with Gasteiger partial charge in [0.15, 0.2) is 0 Å². The summed E-state index contributed by atoms with van der Waals surface area (Å²) >= 11 is 0. The van der Waals surface area contributed by atoms with E-state index < -0.39 is 17.3 Å². The molecule has 0 aromatic rings. The number of piperidine rings is 1. The van der Waals surface area contributed by atoms with Crippen molar-refractivity contribution >= 4 is 18.5 Å². The van der Waals surface area contributed by atoms with Gasteiger partial charge in [0.25, 0.3) is 0 Å². The van der Waals surface area contributed by atoms with Crippen LogP contribution in [0.1, 0.15) is 40.0 Å². The maximum absolute atomic E-state index is 11.4. The number of amides is 1. The van der Waals surface area contributed by atoms with Crippen molar-refractivity contribution in [3.05, 3.63) is 0 Å². The number of rotatable bonds is 3. The Kier molecular flexibility index (Phi) is 6.96. The largest absolute Gasteiger partial charge is 0.444 e. The van der Waals surface area contributed by atoms with Gasteiger partial charge in [0.1, 0.15) is 5.60 Å². The summed E-state index contributed by atoms with van der Waals surface area (Å²) in [6.45, 7) is 7.60. The fourth-order valence-corrected chi connectivity index (χ4v) is 1.85. The minimum Gasteiger partial charge on any atom is -0.444 e. The average molecular weight is 281 g/mol. The molecule has 6 heteroatoms. The van der Waals surface area contributed by atoms with E-state index in [9.17, 15) is 9.90 Å². The Morgan fingerprint density at radius 3 is 2.44 bits per heavy atom. The molecule has 18 heavy (non-hydrogen) atoms. The van der Waals surface area contributed by atoms with Crippen molar-refractivity contribution in [1.82, 2.24) is 10.6 Å². The van der Waals surface area contributed by atoms with Crippen LogP contribution in [0.4, 0.5) is 4.79 Å². The number of nitrogens with one attached hydrogen (secondary N) is 2. The maximum Gasteiger partial charge on any atom is 0.407 e. The smallest absolute Gasteiger partial charge is 0.407 e. The zero-order valence-electron chi connectivity index (χ0n) is 11.4. The zero-order valence-corrected chi connectivity index (χ0v) is 12.2. The third-order valence-corrected chi connectivity index (χ3v) is 2.79. The number of hydrogen-bond donors (Lipinski definition) is 3. The Balaban J connectivity index is 0.00000289. The van der Waals surface area contributed by atoms with Crippen molar-refractivity contribution in [2.45, 2.75) is 51.2 Å². The molecule has 1 heterocycles. The predicted octanol–water partition coefficient (Wildman–Crippen LogP) is 1.44. The summed E-state index contributed by atoms with van der Waals surface area (Å²) in [7, 11) is 0. The van der Waals surface area contributed by atoms with Crippen LogP contribution < -0.4 is 10.6 Å². The van der Waals surface area contributed by atoms with Gasteiger partial charge in [-0.2, -0.15) is 0 Å². The van der Waals surface area contributed by atoms with Crippen LogP contribution in [0.15, 0.2) is 0 Å². The Bertz CT molecular complexity index is 261. The molecule has 3 N–H and O–H groups in total. The molecule has 1 rings (SSSR count). The number of ether oxygens (including phenoxy) is 1. The molecule has 1 aliphatic heterocycles. The van der Waals surface area contributed by atoms with Gasteiger partial charge in [-0.3, -0.25) is 0 Å². The highest BCUT2D eigenvalue weighted by Gasteiger charge is 2.28. The molecule has 0 unspecified atom stereocenters. The summed E-state index contributed by atoms with van der Waals surface area (Å²) in [6, 6.07) is 0. The SMILES string of the molecule is CC(C)(C)OC(=O)NCCC1(O)CCNCC1.Cl. The van der Waals surface area contributed by atoms with Gasteiger partial charge in [-0.15, -0.1) is 12.4 Å². The van der Waals surface area contributed by atoms with Crippen molar-refractivity contribution in [2.24, 2.45) is 0 Å². The van der Waals surface area contributed by atoms with E-state index >= 15 is 0 Å². The first-order valence-corrected chi connectivity index (χ1v) is 6.21. The van der Waals surface area contributed by atoms with Gasteiger partial charge in [0.05, 0.1) is 5.60 Å². The van der Waals surface area contributed by atoms with E-state index in [1.807, 2.05) is 20.8 Å². The van der Waals surface area contributed by atoms with Crippen molar-refractivity contribution in [3.8, 4) is 0 Å².